The molecule has 0 radical (unpaired) electrons. The van der Waals surface area contributed by atoms with Gasteiger partial charge in [-0.2, -0.15) is 0 Å². The summed E-state index contributed by atoms with van der Waals surface area (Å²) in [6.07, 6.45) is 0. The van der Waals surface area contributed by atoms with E-state index in [2.05, 4.69) is 34.3 Å². The summed E-state index contributed by atoms with van der Waals surface area (Å²) in [5, 5.41) is 3.97. The van der Waals surface area contributed by atoms with Gasteiger partial charge in [-0.05, 0) is 12.1 Å². The molecule has 5 rings (SSSR count). The number of carbonyl (C=O) groups is 1. The van der Waals surface area contributed by atoms with Crippen LogP contribution in [0, 0.1) is 5.41 Å². The van der Waals surface area contributed by atoms with Gasteiger partial charge in [-0.25, -0.2) is 0 Å². The van der Waals surface area contributed by atoms with Crippen molar-refractivity contribution in [3.63, 3.8) is 0 Å². The van der Waals surface area contributed by atoms with Gasteiger partial charge >= 0.3 is 0 Å². The average molecular weight is 345 g/mol. The van der Waals surface area contributed by atoms with Crippen molar-refractivity contribution in [2.45, 2.75) is 0 Å². The van der Waals surface area contributed by atoms with Gasteiger partial charge < -0.3 is 14.3 Å². The van der Waals surface area contributed by atoms with Crippen molar-refractivity contribution in [2.75, 3.05) is 31.1 Å². The van der Waals surface area contributed by atoms with E-state index in [9.17, 15) is 4.79 Å². The molecule has 0 atom stereocenters. The summed E-state index contributed by atoms with van der Waals surface area (Å²) in [6, 6.07) is 21.9. The summed E-state index contributed by atoms with van der Waals surface area (Å²) in [5.41, 5.74) is 2.82. The molecular formula is C21H19N3O2. The Hall–Kier alpha value is -3.08. The number of anilines is 1. The van der Waals surface area contributed by atoms with Gasteiger partial charge in [-0.3, -0.25) is 4.79 Å². The molecular weight excluding hydrogens is 326 g/mol. The second kappa shape index (κ2) is 5.73. The van der Waals surface area contributed by atoms with Crippen LogP contribution < -0.4 is 4.90 Å². The Balaban J connectivity index is 1.21. The summed E-state index contributed by atoms with van der Waals surface area (Å²) in [5.74, 6) is 0.586. The normalized spacial score (nSPS) is 17.7. The van der Waals surface area contributed by atoms with Gasteiger partial charge in [-0.15, -0.1) is 0 Å². The number of rotatable bonds is 3. The quantitative estimate of drug-likeness (QED) is 0.731. The minimum absolute atomic E-state index is 0.0419. The van der Waals surface area contributed by atoms with Crippen molar-refractivity contribution in [1.82, 2.24) is 10.1 Å². The molecule has 130 valence electrons. The standard InChI is InChI=1S/C21H19N3O2/c25-20(18-11-19(26-22-18)16-7-3-1-4-8-16)24-14-21(15-24)12-23(13-21)17-9-5-2-6-10-17/h1-11H,12-15H2. The number of amides is 1. The molecule has 0 aliphatic carbocycles. The molecule has 2 aliphatic rings. The van der Waals surface area contributed by atoms with Crippen LogP contribution >= 0.6 is 0 Å². The average Bonchev–Trinajstić information content (AvgIpc) is 3.11. The van der Waals surface area contributed by atoms with E-state index >= 15 is 0 Å². The summed E-state index contributed by atoms with van der Waals surface area (Å²) >= 11 is 0. The predicted molar refractivity (Wildman–Crippen MR) is 98.9 cm³/mol. The smallest absolute Gasteiger partial charge is 0.276 e. The van der Waals surface area contributed by atoms with Gasteiger partial charge in [0.15, 0.2) is 11.5 Å². The van der Waals surface area contributed by atoms with Crippen LogP contribution in [-0.4, -0.2) is 42.1 Å². The lowest BCUT2D eigenvalue weighted by atomic mass is 9.72. The number of carbonyl (C=O) groups excluding carboxylic acids is 1. The third-order valence-electron chi connectivity index (χ3n) is 5.30. The minimum Gasteiger partial charge on any atom is -0.370 e. The number of nitrogens with zero attached hydrogens (tertiary/aromatic N) is 3. The molecule has 2 saturated heterocycles. The lowest BCUT2D eigenvalue weighted by Gasteiger charge is -2.60. The molecule has 2 fully saturated rings. The Morgan fingerprint density at radius 3 is 2.27 bits per heavy atom. The maximum absolute atomic E-state index is 12.6. The maximum atomic E-state index is 12.6. The zero-order valence-corrected chi connectivity index (χ0v) is 14.3. The first-order valence-electron chi connectivity index (χ1n) is 8.84. The van der Waals surface area contributed by atoms with Crippen LogP contribution in [-0.2, 0) is 0 Å². The molecule has 0 saturated carbocycles. The third kappa shape index (κ3) is 2.47. The van der Waals surface area contributed by atoms with Crippen molar-refractivity contribution >= 4 is 11.6 Å². The van der Waals surface area contributed by atoms with Crippen molar-refractivity contribution < 1.29 is 9.32 Å². The van der Waals surface area contributed by atoms with Crippen LogP contribution in [0.1, 0.15) is 10.5 Å². The molecule has 5 nitrogen and oxygen atoms in total. The van der Waals surface area contributed by atoms with E-state index in [1.807, 2.05) is 41.3 Å². The lowest BCUT2D eigenvalue weighted by molar-refractivity contribution is -0.0111. The summed E-state index contributed by atoms with van der Waals surface area (Å²) in [4.78, 5) is 16.9. The van der Waals surface area contributed by atoms with E-state index in [0.29, 0.717) is 11.5 Å². The van der Waals surface area contributed by atoms with Crippen molar-refractivity contribution in [3.05, 3.63) is 72.4 Å². The minimum atomic E-state index is -0.0419. The molecule has 0 N–H and O–H groups in total. The van der Waals surface area contributed by atoms with Crippen LogP contribution in [0.4, 0.5) is 5.69 Å². The summed E-state index contributed by atoms with van der Waals surface area (Å²) in [6.45, 7) is 3.61. The Labute approximate surface area is 151 Å². The Morgan fingerprint density at radius 2 is 1.58 bits per heavy atom. The maximum Gasteiger partial charge on any atom is 0.276 e. The SMILES string of the molecule is O=C(c1cc(-c2ccccc2)on1)N1CC2(C1)CN(c1ccccc1)C2. The van der Waals surface area contributed by atoms with Crippen molar-refractivity contribution in [2.24, 2.45) is 5.41 Å². The van der Waals surface area contributed by atoms with Gasteiger partial charge in [0, 0.05) is 48.9 Å². The molecule has 0 unspecified atom stereocenters. The van der Waals surface area contributed by atoms with Crippen LogP contribution in [0.15, 0.2) is 71.3 Å². The van der Waals surface area contributed by atoms with E-state index in [4.69, 9.17) is 4.52 Å². The molecule has 2 aliphatic heterocycles. The second-order valence-electron chi connectivity index (χ2n) is 7.30. The highest BCUT2D eigenvalue weighted by Gasteiger charge is 2.53. The van der Waals surface area contributed by atoms with Crippen LogP contribution in [0.2, 0.25) is 0 Å². The summed E-state index contributed by atoms with van der Waals surface area (Å²) in [7, 11) is 0. The summed E-state index contributed by atoms with van der Waals surface area (Å²) < 4.78 is 5.35. The molecule has 3 heterocycles. The lowest BCUT2D eigenvalue weighted by Crippen LogP contribution is -2.73. The molecule has 1 aromatic heterocycles. The van der Waals surface area contributed by atoms with Crippen LogP contribution in [0.5, 0.6) is 0 Å². The number of hydrogen-bond donors (Lipinski definition) is 0. The molecule has 0 bridgehead atoms. The monoisotopic (exact) mass is 345 g/mol. The number of benzene rings is 2. The molecule has 1 amide bonds. The fraction of sp³-hybridized carbons (Fsp3) is 0.238. The largest absolute Gasteiger partial charge is 0.370 e. The second-order valence-corrected chi connectivity index (χ2v) is 7.30. The van der Waals surface area contributed by atoms with E-state index < -0.39 is 0 Å². The first-order chi connectivity index (χ1) is 12.7. The predicted octanol–water partition coefficient (Wildman–Crippen LogP) is 3.30. The molecule has 1 spiro atoms. The van der Waals surface area contributed by atoms with Gasteiger partial charge in [0.2, 0.25) is 0 Å². The van der Waals surface area contributed by atoms with Crippen molar-refractivity contribution in [3.8, 4) is 11.3 Å². The zero-order chi connectivity index (χ0) is 17.6. The van der Waals surface area contributed by atoms with Crippen LogP contribution in [0.25, 0.3) is 11.3 Å². The first-order valence-corrected chi connectivity index (χ1v) is 8.84. The highest BCUT2D eigenvalue weighted by molar-refractivity contribution is 5.94. The number of aromatic nitrogens is 1. The Morgan fingerprint density at radius 1 is 0.923 bits per heavy atom. The molecule has 3 aromatic rings. The fourth-order valence-electron chi connectivity index (χ4n) is 3.97. The third-order valence-corrected chi connectivity index (χ3v) is 5.30. The van der Waals surface area contributed by atoms with E-state index in [1.54, 1.807) is 6.07 Å². The van der Waals surface area contributed by atoms with E-state index in [1.165, 1.54) is 5.69 Å². The topological polar surface area (TPSA) is 49.6 Å². The molecule has 5 heteroatoms. The zero-order valence-electron chi connectivity index (χ0n) is 14.3. The Kier molecular flexibility index (Phi) is 3.35. The van der Waals surface area contributed by atoms with Gasteiger partial charge in [-0.1, -0.05) is 53.7 Å². The highest BCUT2D eigenvalue weighted by Crippen LogP contribution is 2.42. The number of likely N-dealkylation sites (tertiary alicyclic amines) is 1. The van der Waals surface area contributed by atoms with E-state index in [0.717, 1.165) is 31.7 Å². The van der Waals surface area contributed by atoms with Gasteiger partial charge in [0.25, 0.3) is 5.91 Å². The van der Waals surface area contributed by atoms with E-state index in [-0.39, 0.29) is 11.3 Å². The fourth-order valence-corrected chi connectivity index (χ4v) is 3.97. The highest BCUT2D eigenvalue weighted by atomic mass is 16.5. The van der Waals surface area contributed by atoms with Crippen LogP contribution in [0.3, 0.4) is 0 Å². The number of hydrogen-bond acceptors (Lipinski definition) is 4. The van der Waals surface area contributed by atoms with Gasteiger partial charge in [0.1, 0.15) is 0 Å². The molecule has 2 aromatic carbocycles. The Bertz CT molecular complexity index is 922. The first kappa shape index (κ1) is 15.2. The van der Waals surface area contributed by atoms with Gasteiger partial charge in [0.05, 0.1) is 0 Å². The number of para-hydroxylation sites is 1. The molecule has 26 heavy (non-hydrogen) atoms. The van der Waals surface area contributed by atoms with Crippen molar-refractivity contribution in [1.29, 1.82) is 0 Å².